The number of hydrazone groups is 1. The zero-order chi connectivity index (χ0) is 23.4. The van der Waals surface area contributed by atoms with Crippen LogP contribution in [0.25, 0.3) is 0 Å². The molecule has 0 atom stereocenters. The molecule has 168 valence electrons. The van der Waals surface area contributed by atoms with Crippen LogP contribution in [-0.2, 0) is 16.3 Å². The molecule has 2 rings (SSSR count). The van der Waals surface area contributed by atoms with E-state index in [1.54, 1.807) is 13.0 Å². The standard InChI is InChI=1S/C18H18ClF3N4O4S/c1-11-7-13(29-6-5-26(25-2)17(23)24)10-14(8-11)30-31(27,28)16-9-12(18(20,21)22)3-4-15(16)19/h3-4,7-10H,2,5-6H2,1H3,(H3,23,24). The fourth-order valence-electron chi connectivity index (χ4n) is 2.41. The Morgan fingerprint density at radius 3 is 2.48 bits per heavy atom. The Morgan fingerprint density at radius 2 is 1.90 bits per heavy atom. The van der Waals surface area contributed by atoms with Crippen LogP contribution in [-0.4, -0.2) is 39.3 Å². The maximum Gasteiger partial charge on any atom is 0.416 e. The number of nitrogens with two attached hydrogens (primary N) is 1. The average molecular weight is 479 g/mol. The van der Waals surface area contributed by atoms with Crippen LogP contribution < -0.4 is 14.7 Å². The number of hydrogen-bond donors (Lipinski definition) is 2. The first kappa shape index (κ1) is 24.3. The van der Waals surface area contributed by atoms with Gasteiger partial charge in [-0.25, -0.2) is 5.01 Å². The molecule has 13 heteroatoms. The van der Waals surface area contributed by atoms with E-state index < -0.39 is 31.8 Å². The average Bonchev–Trinajstić information content (AvgIpc) is 2.63. The Kier molecular flexibility index (Phi) is 7.39. The fraction of sp³-hybridized carbons (Fsp3) is 0.222. The van der Waals surface area contributed by atoms with Gasteiger partial charge >= 0.3 is 16.3 Å². The predicted octanol–water partition coefficient (Wildman–Crippen LogP) is 3.62. The first-order valence-corrected chi connectivity index (χ1v) is 10.3. The maximum atomic E-state index is 12.9. The summed E-state index contributed by atoms with van der Waals surface area (Å²) < 4.78 is 74.4. The molecule has 0 saturated carbocycles. The highest BCUT2D eigenvalue weighted by molar-refractivity contribution is 7.87. The molecule has 8 nitrogen and oxygen atoms in total. The van der Waals surface area contributed by atoms with Crippen molar-refractivity contribution in [1.82, 2.24) is 5.01 Å². The molecule has 0 radical (unpaired) electrons. The second-order valence-corrected chi connectivity index (χ2v) is 8.08. The van der Waals surface area contributed by atoms with Crippen molar-refractivity contribution < 1.29 is 30.5 Å². The molecule has 2 aromatic rings. The summed E-state index contributed by atoms with van der Waals surface area (Å²) in [6.45, 7) is 5.02. The molecule has 0 aliphatic heterocycles. The third-order valence-corrected chi connectivity index (χ3v) is 5.51. The Bertz CT molecular complexity index is 1090. The summed E-state index contributed by atoms with van der Waals surface area (Å²) >= 11 is 5.80. The Morgan fingerprint density at radius 1 is 1.26 bits per heavy atom. The number of guanidine groups is 1. The summed E-state index contributed by atoms with van der Waals surface area (Å²) in [6.07, 6.45) is -4.76. The van der Waals surface area contributed by atoms with Crippen LogP contribution in [0.3, 0.4) is 0 Å². The summed E-state index contributed by atoms with van der Waals surface area (Å²) in [5.74, 6) is -0.308. The molecule has 0 aromatic heterocycles. The van der Waals surface area contributed by atoms with Crippen LogP contribution >= 0.6 is 11.6 Å². The number of alkyl halides is 3. The summed E-state index contributed by atoms with van der Waals surface area (Å²) in [5.41, 5.74) is 4.68. The summed E-state index contributed by atoms with van der Waals surface area (Å²) in [7, 11) is -4.67. The van der Waals surface area contributed by atoms with Crippen LogP contribution in [0.1, 0.15) is 11.1 Å². The van der Waals surface area contributed by atoms with Gasteiger partial charge in [0, 0.05) is 12.8 Å². The zero-order valence-electron chi connectivity index (χ0n) is 16.1. The van der Waals surface area contributed by atoms with Gasteiger partial charge in [-0.3, -0.25) is 5.41 Å². The van der Waals surface area contributed by atoms with Crippen molar-refractivity contribution in [2.45, 2.75) is 18.0 Å². The van der Waals surface area contributed by atoms with Gasteiger partial charge in [0.2, 0.25) is 5.96 Å². The van der Waals surface area contributed by atoms with E-state index in [0.717, 1.165) is 11.1 Å². The van der Waals surface area contributed by atoms with Crippen LogP contribution in [0.5, 0.6) is 11.5 Å². The fourth-order valence-corrected chi connectivity index (χ4v) is 3.82. The topological polar surface area (TPSA) is 118 Å². The second-order valence-electron chi connectivity index (χ2n) is 6.16. The number of nitrogens with one attached hydrogen (secondary N) is 1. The maximum absolute atomic E-state index is 12.9. The number of rotatable bonds is 8. The molecule has 0 heterocycles. The highest BCUT2D eigenvalue weighted by Crippen LogP contribution is 2.34. The third kappa shape index (κ3) is 6.49. The molecule has 0 bridgehead atoms. The highest BCUT2D eigenvalue weighted by Gasteiger charge is 2.33. The molecule has 0 unspecified atom stereocenters. The molecule has 2 aromatic carbocycles. The van der Waals surface area contributed by atoms with Crippen molar-refractivity contribution in [2.24, 2.45) is 10.8 Å². The number of ether oxygens (including phenoxy) is 1. The van der Waals surface area contributed by atoms with E-state index in [-0.39, 0.29) is 30.6 Å². The van der Waals surface area contributed by atoms with E-state index in [1.165, 1.54) is 12.1 Å². The van der Waals surface area contributed by atoms with Gasteiger partial charge in [0.25, 0.3) is 0 Å². The first-order chi connectivity index (χ1) is 14.3. The van der Waals surface area contributed by atoms with Crippen LogP contribution in [0, 0.1) is 12.3 Å². The highest BCUT2D eigenvalue weighted by atomic mass is 35.5. The molecule has 0 saturated heterocycles. The quantitative estimate of drug-likeness (QED) is 0.259. The Balaban J connectivity index is 2.24. The van der Waals surface area contributed by atoms with E-state index in [9.17, 15) is 21.6 Å². The minimum absolute atomic E-state index is 0.0215. The van der Waals surface area contributed by atoms with Crippen molar-refractivity contribution in [3.8, 4) is 11.5 Å². The van der Waals surface area contributed by atoms with Crippen LogP contribution in [0.2, 0.25) is 5.02 Å². The lowest BCUT2D eigenvalue weighted by Gasteiger charge is -2.16. The molecule has 0 amide bonds. The molecule has 0 fully saturated rings. The SMILES string of the molecule is C=NN(CCOc1cc(C)cc(OS(=O)(=O)c2cc(C(F)(F)F)ccc2Cl)c1)C(=N)N. The van der Waals surface area contributed by atoms with E-state index in [2.05, 4.69) is 11.8 Å². The van der Waals surface area contributed by atoms with E-state index in [4.69, 9.17) is 31.7 Å². The van der Waals surface area contributed by atoms with Gasteiger partial charge in [0.1, 0.15) is 23.0 Å². The lowest BCUT2D eigenvalue weighted by Crippen LogP contribution is -2.34. The monoisotopic (exact) mass is 478 g/mol. The molecule has 31 heavy (non-hydrogen) atoms. The summed E-state index contributed by atoms with van der Waals surface area (Å²) in [6, 6.07) is 6.09. The molecule has 3 N–H and O–H groups in total. The lowest BCUT2D eigenvalue weighted by molar-refractivity contribution is -0.137. The number of nitrogens with zero attached hydrogens (tertiary/aromatic N) is 2. The molecule has 0 spiro atoms. The second kappa shape index (κ2) is 9.43. The number of benzene rings is 2. The van der Waals surface area contributed by atoms with Crippen molar-refractivity contribution in [1.29, 1.82) is 5.41 Å². The number of halogens is 4. The third-order valence-electron chi connectivity index (χ3n) is 3.78. The van der Waals surface area contributed by atoms with Gasteiger partial charge < -0.3 is 14.7 Å². The minimum atomic E-state index is -4.76. The summed E-state index contributed by atoms with van der Waals surface area (Å²) in [5, 5.41) is 11.5. The largest absolute Gasteiger partial charge is 0.492 e. The van der Waals surface area contributed by atoms with Crippen LogP contribution in [0.4, 0.5) is 13.2 Å². The van der Waals surface area contributed by atoms with Gasteiger partial charge in [0.15, 0.2) is 0 Å². The minimum Gasteiger partial charge on any atom is -0.492 e. The number of hydrogen-bond acceptors (Lipinski definition) is 6. The van der Waals surface area contributed by atoms with Gasteiger partial charge in [-0.05, 0) is 42.8 Å². The van der Waals surface area contributed by atoms with E-state index in [0.29, 0.717) is 17.7 Å². The Labute approximate surface area is 181 Å². The van der Waals surface area contributed by atoms with Crippen molar-refractivity contribution in [3.63, 3.8) is 0 Å². The van der Waals surface area contributed by atoms with Gasteiger partial charge in [-0.2, -0.15) is 26.7 Å². The van der Waals surface area contributed by atoms with Crippen LogP contribution in [0.15, 0.2) is 46.4 Å². The zero-order valence-corrected chi connectivity index (χ0v) is 17.7. The molecule has 0 aliphatic carbocycles. The lowest BCUT2D eigenvalue weighted by atomic mass is 10.2. The van der Waals surface area contributed by atoms with Gasteiger partial charge in [0.05, 0.1) is 17.1 Å². The Hall–Kier alpha value is -2.99. The summed E-state index contributed by atoms with van der Waals surface area (Å²) in [4.78, 5) is -0.817. The van der Waals surface area contributed by atoms with E-state index in [1.807, 2.05) is 0 Å². The molecular formula is C18H18ClF3N4O4S. The van der Waals surface area contributed by atoms with Crippen molar-refractivity contribution >= 4 is 34.4 Å². The van der Waals surface area contributed by atoms with E-state index >= 15 is 0 Å². The first-order valence-electron chi connectivity index (χ1n) is 8.47. The molecular weight excluding hydrogens is 461 g/mol. The molecule has 0 aliphatic rings. The van der Waals surface area contributed by atoms with Gasteiger partial charge in [-0.1, -0.05) is 11.6 Å². The van der Waals surface area contributed by atoms with Gasteiger partial charge in [-0.15, -0.1) is 0 Å². The normalized spacial score (nSPS) is 11.6. The predicted molar refractivity (Wildman–Crippen MR) is 109 cm³/mol. The number of aryl methyl sites for hydroxylation is 1. The van der Waals surface area contributed by atoms with Crippen molar-refractivity contribution in [3.05, 3.63) is 52.5 Å². The van der Waals surface area contributed by atoms with Crippen molar-refractivity contribution in [2.75, 3.05) is 13.2 Å². The smallest absolute Gasteiger partial charge is 0.416 e.